The van der Waals surface area contributed by atoms with E-state index in [-0.39, 0.29) is 17.9 Å². The third kappa shape index (κ3) is 6.61. The van der Waals surface area contributed by atoms with Crippen LogP contribution < -0.4 is 24.4 Å². The van der Waals surface area contributed by atoms with Gasteiger partial charge in [0.1, 0.15) is 24.5 Å². The highest BCUT2D eigenvalue weighted by Crippen LogP contribution is 2.38. The standard InChI is InChI=1S/C29H26BrClN2O6/c1-4-37-25-16-19(15-24(30)26(25)39-12-11-38-22-10-5-17(2)18(3)13-22)14-23-27(34)32-29(36)33(28(23)35)21-8-6-20(31)7-9-21/h5-10,13-16H,4,11-12H2,1-3H3,(H,32,34,36)/b23-14-. The molecule has 8 nitrogen and oxygen atoms in total. The molecule has 0 unspecified atom stereocenters. The minimum atomic E-state index is -0.840. The smallest absolute Gasteiger partial charge is 0.335 e. The van der Waals surface area contributed by atoms with Gasteiger partial charge in [-0.15, -0.1) is 0 Å². The number of anilines is 1. The van der Waals surface area contributed by atoms with Crippen LogP contribution in [0.2, 0.25) is 5.02 Å². The Hall–Kier alpha value is -3.82. The van der Waals surface area contributed by atoms with Crippen LogP contribution in [0.1, 0.15) is 23.6 Å². The quantitative estimate of drug-likeness (QED) is 0.174. The molecular weight excluding hydrogens is 588 g/mol. The largest absolute Gasteiger partial charge is 0.490 e. The summed E-state index contributed by atoms with van der Waals surface area (Å²) in [6.45, 7) is 6.83. The van der Waals surface area contributed by atoms with E-state index in [0.717, 1.165) is 16.2 Å². The molecule has 1 saturated heterocycles. The number of ether oxygens (including phenoxy) is 3. The molecule has 1 aliphatic heterocycles. The number of urea groups is 1. The van der Waals surface area contributed by atoms with Gasteiger partial charge < -0.3 is 14.2 Å². The monoisotopic (exact) mass is 612 g/mol. The lowest BCUT2D eigenvalue weighted by atomic mass is 10.1. The third-order valence-corrected chi connectivity index (χ3v) is 6.75. The van der Waals surface area contributed by atoms with Crippen molar-refractivity contribution >= 4 is 57.1 Å². The van der Waals surface area contributed by atoms with Crippen LogP contribution in [-0.2, 0) is 9.59 Å². The second kappa shape index (κ2) is 12.4. The lowest BCUT2D eigenvalue weighted by molar-refractivity contribution is -0.122. The van der Waals surface area contributed by atoms with Crippen molar-refractivity contribution in [1.29, 1.82) is 0 Å². The number of barbiturate groups is 1. The molecule has 0 aliphatic carbocycles. The zero-order chi connectivity index (χ0) is 28.1. The van der Waals surface area contributed by atoms with Gasteiger partial charge in [-0.05, 0) is 108 Å². The Labute approximate surface area is 239 Å². The first-order valence-electron chi connectivity index (χ1n) is 12.1. The lowest BCUT2D eigenvalue weighted by Gasteiger charge is -2.26. The Kier molecular flexibility index (Phi) is 8.93. The molecule has 4 rings (SSSR count). The van der Waals surface area contributed by atoms with Gasteiger partial charge in [0.05, 0.1) is 16.8 Å². The summed E-state index contributed by atoms with van der Waals surface area (Å²) in [6.07, 6.45) is 1.40. The third-order valence-electron chi connectivity index (χ3n) is 5.91. The average molecular weight is 614 g/mol. The van der Waals surface area contributed by atoms with Crippen molar-refractivity contribution in [2.24, 2.45) is 0 Å². The molecule has 3 aromatic carbocycles. The van der Waals surface area contributed by atoms with E-state index in [9.17, 15) is 14.4 Å². The number of benzene rings is 3. The highest BCUT2D eigenvalue weighted by molar-refractivity contribution is 9.10. The lowest BCUT2D eigenvalue weighted by Crippen LogP contribution is -2.54. The van der Waals surface area contributed by atoms with Crippen molar-refractivity contribution in [3.63, 3.8) is 0 Å². The van der Waals surface area contributed by atoms with E-state index in [4.69, 9.17) is 25.8 Å². The number of carbonyl (C=O) groups excluding carboxylic acids is 3. The Bertz CT molecular complexity index is 1450. The van der Waals surface area contributed by atoms with E-state index in [0.29, 0.717) is 39.8 Å². The molecule has 1 fully saturated rings. The number of rotatable bonds is 9. The van der Waals surface area contributed by atoms with Crippen molar-refractivity contribution in [3.05, 3.63) is 86.4 Å². The summed E-state index contributed by atoms with van der Waals surface area (Å²) in [5.41, 5.74) is 2.89. The molecular formula is C29H26BrClN2O6. The van der Waals surface area contributed by atoms with Crippen LogP contribution in [0.15, 0.2) is 64.6 Å². The maximum Gasteiger partial charge on any atom is 0.335 e. The highest BCUT2D eigenvalue weighted by Gasteiger charge is 2.36. The van der Waals surface area contributed by atoms with Crippen LogP contribution in [0.25, 0.3) is 6.08 Å². The predicted octanol–water partition coefficient (Wildman–Crippen LogP) is 6.24. The van der Waals surface area contributed by atoms with Crippen molar-refractivity contribution in [1.82, 2.24) is 5.32 Å². The van der Waals surface area contributed by atoms with E-state index < -0.39 is 17.8 Å². The normalized spacial score (nSPS) is 14.4. The van der Waals surface area contributed by atoms with E-state index in [1.807, 2.05) is 39.0 Å². The van der Waals surface area contributed by atoms with E-state index in [1.165, 1.54) is 23.8 Å². The average Bonchev–Trinajstić information content (AvgIpc) is 2.89. The Morgan fingerprint density at radius 2 is 1.64 bits per heavy atom. The number of aryl methyl sites for hydroxylation is 2. The number of carbonyl (C=O) groups is 3. The van der Waals surface area contributed by atoms with Crippen LogP contribution in [-0.4, -0.2) is 37.7 Å². The van der Waals surface area contributed by atoms with Gasteiger partial charge in [-0.25, -0.2) is 9.69 Å². The van der Waals surface area contributed by atoms with Crippen LogP contribution in [0, 0.1) is 13.8 Å². The maximum atomic E-state index is 13.2. The van der Waals surface area contributed by atoms with Crippen molar-refractivity contribution in [2.75, 3.05) is 24.7 Å². The molecule has 0 spiro atoms. The molecule has 0 aromatic heterocycles. The molecule has 1 heterocycles. The number of nitrogens with one attached hydrogen (secondary N) is 1. The Balaban J connectivity index is 1.54. The molecule has 0 atom stereocenters. The number of hydrogen-bond donors (Lipinski definition) is 1. The van der Waals surface area contributed by atoms with Crippen LogP contribution in [0.5, 0.6) is 17.2 Å². The molecule has 39 heavy (non-hydrogen) atoms. The van der Waals surface area contributed by atoms with Gasteiger partial charge in [0.15, 0.2) is 11.5 Å². The fraction of sp³-hybridized carbons (Fsp3) is 0.207. The number of amides is 4. The molecule has 1 N–H and O–H groups in total. The predicted molar refractivity (Wildman–Crippen MR) is 153 cm³/mol. The minimum absolute atomic E-state index is 0.214. The maximum absolute atomic E-state index is 13.2. The van der Waals surface area contributed by atoms with Gasteiger partial charge in [0.2, 0.25) is 0 Å². The Morgan fingerprint density at radius 3 is 2.33 bits per heavy atom. The van der Waals surface area contributed by atoms with Gasteiger partial charge in [0.25, 0.3) is 11.8 Å². The summed E-state index contributed by atoms with van der Waals surface area (Å²) in [5.74, 6) is 0.0747. The number of hydrogen-bond acceptors (Lipinski definition) is 6. The van der Waals surface area contributed by atoms with Crippen molar-refractivity contribution < 1.29 is 28.6 Å². The second-order valence-electron chi connectivity index (χ2n) is 8.64. The van der Waals surface area contributed by atoms with Crippen molar-refractivity contribution in [3.8, 4) is 17.2 Å². The molecule has 10 heteroatoms. The zero-order valence-corrected chi connectivity index (χ0v) is 23.9. The van der Waals surface area contributed by atoms with Gasteiger partial charge in [-0.3, -0.25) is 14.9 Å². The fourth-order valence-electron chi connectivity index (χ4n) is 3.83. The summed E-state index contributed by atoms with van der Waals surface area (Å²) in [7, 11) is 0. The molecule has 3 aromatic rings. The minimum Gasteiger partial charge on any atom is -0.490 e. The summed E-state index contributed by atoms with van der Waals surface area (Å²) >= 11 is 9.43. The number of nitrogens with zero attached hydrogens (tertiary/aromatic N) is 1. The van der Waals surface area contributed by atoms with E-state index in [1.54, 1.807) is 24.3 Å². The molecule has 0 saturated carbocycles. The SMILES string of the molecule is CCOc1cc(/C=C2/C(=O)NC(=O)N(c3ccc(Cl)cc3)C2=O)cc(Br)c1OCCOc1ccc(C)c(C)c1. The van der Waals surface area contributed by atoms with Gasteiger partial charge in [-0.2, -0.15) is 0 Å². The first-order valence-corrected chi connectivity index (χ1v) is 13.3. The highest BCUT2D eigenvalue weighted by atomic mass is 79.9. The molecule has 4 amide bonds. The second-order valence-corrected chi connectivity index (χ2v) is 9.93. The summed E-state index contributed by atoms with van der Waals surface area (Å²) in [5, 5.41) is 2.65. The topological polar surface area (TPSA) is 94.2 Å². The fourth-order valence-corrected chi connectivity index (χ4v) is 4.53. The van der Waals surface area contributed by atoms with Crippen LogP contribution >= 0.6 is 27.5 Å². The first-order chi connectivity index (χ1) is 18.7. The summed E-state index contributed by atoms with van der Waals surface area (Å²) in [6, 6.07) is 14.5. The summed E-state index contributed by atoms with van der Waals surface area (Å²) < 4.78 is 18.1. The number of halogens is 2. The van der Waals surface area contributed by atoms with Gasteiger partial charge in [0, 0.05) is 5.02 Å². The molecule has 202 valence electrons. The molecule has 0 radical (unpaired) electrons. The molecule has 0 bridgehead atoms. The van der Waals surface area contributed by atoms with Gasteiger partial charge in [-0.1, -0.05) is 17.7 Å². The Morgan fingerprint density at radius 1 is 0.923 bits per heavy atom. The number of imide groups is 2. The zero-order valence-electron chi connectivity index (χ0n) is 21.5. The molecule has 1 aliphatic rings. The van der Waals surface area contributed by atoms with Crippen LogP contribution in [0.4, 0.5) is 10.5 Å². The van der Waals surface area contributed by atoms with Crippen molar-refractivity contribution in [2.45, 2.75) is 20.8 Å². The van der Waals surface area contributed by atoms with Gasteiger partial charge >= 0.3 is 6.03 Å². The summed E-state index contributed by atoms with van der Waals surface area (Å²) in [4.78, 5) is 39.1. The van der Waals surface area contributed by atoms with Crippen LogP contribution in [0.3, 0.4) is 0 Å². The first kappa shape index (κ1) is 28.2. The van der Waals surface area contributed by atoms with E-state index >= 15 is 0 Å². The van der Waals surface area contributed by atoms with E-state index in [2.05, 4.69) is 21.2 Å².